The molecule has 1 aliphatic heterocycles. The minimum Gasteiger partial charge on any atom is -0.494 e. The monoisotopic (exact) mass is 411 g/mol. The molecule has 0 fully saturated rings. The zero-order chi connectivity index (χ0) is 21.3. The maximum atomic E-state index is 5.71. The fraction of sp³-hybridized carbons (Fsp3) is 0.458. The van der Waals surface area contributed by atoms with Crippen LogP contribution in [-0.2, 0) is 17.6 Å². The number of hydrogen-bond donors (Lipinski definition) is 1. The molecule has 1 heterocycles. The minimum atomic E-state index is -0.189. The van der Waals surface area contributed by atoms with Gasteiger partial charge in [-0.1, -0.05) is 32.0 Å². The summed E-state index contributed by atoms with van der Waals surface area (Å²) in [6, 6.07) is 12.4. The van der Waals surface area contributed by atoms with E-state index in [1.165, 1.54) is 16.8 Å². The third kappa shape index (κ3) is 5.05. The lowest BCUT2D eigenvalue weighted by molar-refractivity contribution is 0.146. The molecule has 0 bridgehead atoms. The van der Waals surface area contributed by atoms with E-state index in [1.807, 2.05) is 24.4 Å². The van der Waals surface area contributed by atoms with Crippen LogP contribution in [-0.4, -0.2) is 46.5 Å². The molecule has 0 saturated heterocycles. The number of rotatable bonds is 10. The molecule has 0 amide bonds. The number of aliphatic imine (C=N–C) groups is 1. The number of methoxy groups -OCH3 is 2. The van der Waals surface area contributed by atoms with Crippen LogP contribution in [0.1, 0.15) is 31.4 Å². The van der Waals surface area contributed by atoms with E-state index < -0.39 is 0 Å². The van der Waals surface area contributed by atoms with Crippen LogP contribution in [0.4, 0.5) is 11.4 Å². The first-order valence-electron chi connectivity index (χ1n) is 10.7. The lowest BCUT2D eigenvalue weighted by Crippen LogP contribution is -2.44. The number of nitrogens with one attached hydrogen (secondary N) is 1. The third-order valence-electron chi connectivity index (χ3n) is 5.31. The molecule has 6 nitrogen and oxygen atoms in total. The third-order valence-corrected chi connectivity index (χ3v) is 5.31. The standard InChI is InChI=1S/C24H33N3O3/c1-5-18-9-7-10-19(6-2)23(18)27-14-8-13-25-24(27)26-21-12-11-20(17-22(21)29-4)30-16-15-28-3/h7,9-13,17,24,26H,5-6,8,14-16H2,1-4H3. The van der Waals surface area contributed by atoms with Crippen LogP contribution in [0, 0.1) is 0 Å². The number of anilines is 2. The van der Waals surface area contributed by atoms with Crippen LogP contribution in [0.5, 0.6) is 11.5 Å². The van der Waals surface area contributed by atoms with E-state index in [4.69, 9.17) is 19.2 Å². The lowest BCUT2D eigenvalue weighted by Gasteiger charge is -2.37. The Morgan fingerprint density at radius 3 is 2.50 bits per heavy atom. The van der Waals surface area contributed by atoms with E-state index in [1.54, 1.807) is 14.2 Å². The summed E-state index contributed by atoms with van der Waals surface area (Å²) in [5.41, 5.74) is 4.90. The largest absolute Gasteiger partial charge is 0.494 e. The van der Waals surface area contributed by atoms with Gasteiger partial charge in [-0.05, 0) is 36.1 Å². The van der Waals surface area contributed by atoms with Crippen molar-refractivity contribution in [2.24, 2.45) is 4.99 Å². The first kappa shape index (κ1) is 22.0. The summed E-state index contributed by atoms with van der Waals surface area (Å²) in [5.74, 6) is 1.48. The van der Waals surface area contributed by atoms with Crippen molar-refractivity contribution >= 4 is 17.6 Å². The molecule has 1 unspecified atom stereocenters. The summed E-state index contributed by atoms with van der Waals surface area (Å²) in [6.45, 7) is 6.38. The number of aryl methyl sites for hydroxylation is 2. The van der Waals surface area contributed by atoms with Gasteiger partial charge in [0, 0.05) is 38.0 Å². The summed E-state index contributed by atoms with van der Waals surface area (Å²) in [5, 5.41) is 3.57. The van der Waals surface area contributed by atoms with E-state index in [0.29, 0.717) is 13.2 Å². The molecule has 2 aromatic carbocycles. The Hall–Kier alpha value is -2.73. The van der Waals surface area contributed by atoms with Gasteiger partial charge >= 0.3 is 0 Å². The van der Waals surface area contributed by atoms with Gasteiger partial charge in [0.15, 0.2) is 6.29 Å². The Bertz CT molecular complexity index is 831. The highest BCUT2D eigenvalue weighted by molar-refractivity contribution is 5.69. The lowest BCUT2D eigenvalue weighted by atomic mass is 10.0. The second-order valence-electron chi connectivity index (χ2n) is 7.17. The summed E-state index contributed by atoms with van der Waals surface area (Å²) in [7, 11) is 3.33. The molecule has 0 spiro atoms. The normalized spacial score (nSPS) is 15.9. The zero-order valence-electron chi connectivity index (χ0n) is 18.5. The molecular formula is C24H33N3O3. The number of ether oxygens (including phenoxy) is 3. The van der Waals surface area contributed by atoms with Gasteiger partial charge in [-0.3, -0.25) is 4.99 Å². The van der Waals surface area contributed by atoms with Gasteiger partial charge in [-0.25, -0.2) is 0 Å². The van der Waals surface area contributed by atoms with Crippen LogP contribution in [0.3, 0.4) is 0 Å². The Balaban J connectivity index is 1.86. The first-order chi connectivity index (χ1) is 14.7. The molecule has 0 saturated carbocycles. The van der Waals surface area contributed by atoms with Crippen molar-refractivity contribution in [1.29, 1.82) is 0 Å². The quantitative estimate of drug-likeness (QED) is 0.583. The predicted molar refractivity (Wildman–Crippen MR) is 123 cm³/mol. The van der Waals surface area contributed by atoms with Crippen LogP contribution in [0.2, 0.25) is 0 Å². The average molecular weight is 412 g/mol. The maximum Gasteiger partial charge on any atom is 0.196 e. The van der Waals surface area contributed by atoms with Gasteiger partial charge < -0.3 is 24.4 Å². The van der Waals surface area contributed by atoms with Crippen molar-refractivity contribution in [3.63, 3.8) is 0 Å². The molecule has 1 aliphatic rings. The fourth-order valence-corrected chi connectivity index (χ4v) is 3.77. The Morgan fingerprint density at radius 1 is 1.07 bits per heavy atom. The molecule has 0 aliphatic carbocycles. The van der Waals surface area contributed by atoms with Gasteiger partial charge in [0.25, 0.3) is 0 Å². The molecule has 2 aromatic rings. The highest BCUT2D eigenvalue weighted by Gasteiger charge is 2.25. The fourth-order valence-electron chi connectivity index (χ4n) is 3.77. The van der Waals surface area contributed by atoms with Gasteiger partial charge in [-0.2, -0.15) is 0 Å². The highest BCUT2D eigenvalue weighted by Crippen LogP contribution is 2.34. The van der Waals surface area contributed by atoms with Gasteiger partial charge in [-0.15, -0.1) is 0 Å². The van der Waals surface area contributed by atoms with E-state index in [2.05, 4.69) is 42.3 Å². The molecule has 3 rings (SSSR count). The summed E-state index contributed by atoms with van der Waals surface area (Å²) >= 11 is 0. The second-order valence-corrected chi connectivity index (χ2v) is 7.17. The van der Waals surface area contributed by atoms with Crippen LogP contribution < -0.4 is 19.7 Å². The number of hydrogen-bond acceptors (Lipinski definition) is 6. The molecular weight excluding hydrogens is 378 g/mol. The minimum absolute atomic E-state index is 0.189. The van der Waals surface area contributed by atoms with E-state index in [0.717, 1.165) is 43.0 Å². The molecule has 1 N–H and O–H groups in total. The molecule has 6 heteroatoms. The first-order valence-corrected chi connectivity index (χ1v) is 10.7. The van der Waals surface area contributed by atoms with Gasteiger partial charge in [0.05, 0.1) is 19.4 Å². The van der Waals surface area contributed by atoms with Gasteiger partial charge in [0.2, 0.25) is 0 Å². The molecule has 162 valence electrons. The van der Waals surface area contributed by atoms with Crippen molar-refractivity contribution in [2.45, 2.75) is 39.4 Å². The second kappa shape index (κ2) is 10.9. The highest BCUT2D eigenvalue weighted by atomic mass is 16.5. The van der Waals surface area contributed by atoms with Crippen molar-refractivity contribution in [3.05, 3.63) is 47.5 Å². The summed E-state index contributed by atoms with van der Waals surface area (Å²) < 4.78 is 16.4. The van der Waals surface area contributed by atoms with E-state index >= 15 is 0 Å². The van der Waals surface area contributed by atoms with Crippen LogP contribution >= 0.6 is 0 Å². The Kier molecular flexibility index (Phi) is 7.97. The number of para-hydroxylation sites is 1. The van der Waals surface area contributed by atoms with Crippen molar-refractivity contribution in [3.8, 4) is 11.5 Å². The van der Waals surface area contributed by atoms with Crippen molar-refractivity contribution in [1.82, 2.24) is 0 Å². The smallest absolute Gasteiger partial charge is 0.196 e. The Morgan fingerprint density at radius 2 is 1.83 bits per heavy atom. The maximum absolute atomic E-state index is 5.71. The van der Waals surface area contributed by atoms with Crippen molar-refractivity contribution in [2.75, 3.05) is 44.2 Å². The summed E-state index contributed by atoms with van der Waals surface area (Å²) in [6.07, 6.45) is 4.73. The average Bonchev–Trinajstić information content (AvgIpc) is 2.79. The molecule has 0 aromatic heterocycles. The predicted octanol–water partition coefficient (Wildman–Crippen LogP) is 4.52. The topological polar surface area (TPSA) is 55.3 Å². The number of benzene rings is 2. The number of nitrogens with zero attached hydrogens (tertiary/aromatic N) is 2. The van der Waals surface area contributed by atoms with Crippen molar-refractivity contribution < 1.29 is 14.2 Å². The van der Waals surface area contributed by atoms with Crippen LogP contribution in [0.15, 0.2) is 41.4 Å². The summed E-state index contributed by atoms with van der Waals surface area (Å²) in [4.78, 5) is 7.15. The van der Waals surface area contributed by atoms with Crippen LogP contribution in [0.25, 0.3) is 0 Å². The molecule has 0 radical (unpaired) electrons. The van der Waals surface area contributed by atoms with E-state index in [-0.39, 0.29) is 6.29 Å². The van der Waals surface area contributed by atoms with E-state index in [9.17, 15) is 0 Å². The zero-order valence-corrected chi connectivity index (χ0v) is 18.5. The molecule has 30 heavy (non-hydrogen) atoms. The van der Waals surface area contributed by atoms with Gasteiger partial charge in [0.1, 0.15) is 18.1 Å². The SMILES string of the molecule is CCc1cccc(CC)c1N1CCC=NC1Nc1ccc(OCCOC)cc1OC. The Labute approximate surface area is 179 Å². The molecule has 1 atom stereocenters.